The van der Waals surface area contributed by atoms with Crippen LogP contribution in [-0.2, 0) is 13.1 Å². The van der Waals surface area contributed by atoms with E-state index in [2.05, 4.69) is 57.3 Å². The van der Waals surface area contributed by atoms with Crippen molar-refractivity contribution in [3.05, 3.63) is 66.7 Å². The molecule has 0 saturated carbocycles. The number of aromatic nitrogens is 2. The first kappa shape index (κ1) is 13.8. The molecule has 2 aromatic carbocycles. The molecule has 0 aliphatic heterocycles. The first-order valence-electron chi connectivity index (χ1n) is 7.56. The lowest BCUT2D eigenvalue weighted by molar-refractivity contribution is 0.568. The van der Waals surface area contributed by atoms with Gasteiger partial charge in [-0.2, -0.15) is 0 Å². The van der Waals surface area contributed by atoms with Crippen molar-refractivity contribution in [3.63, 3.8) is 0 Å². The lowest BCUT2D eigenvalue weighted by Crippen LogP contribution is -2.15. The summed E-state index contributed by atoms with van der Waals surface area (Å²) in [6, 6.07) is 15.2. The van der Waals surface area contributed by atoms with E-state index in [-0.39, 0.29) is 0 Å². The molecule has 0 aliphatic rings. The second kappa shape index (κ2) is 7.04. The maximum absolute atomic E-state index is 4.05. The van der Waals surface area contributed by atoms with Crippen LogP contribution in [0.5, 0.6) is 0 Å². The van der Waals surface area contributed by atoms with Gasteiger partial charge in [-0.15, -0.1) is 0 Å². The van der Waals surface area contributed by atoms with Crippen molar-refractivity contribution in [1.29, 1.82) is 0 Å². The fourth-order valence-electron chi connectivity index (χ4n) is 2.54. The van der Waals surface area contributed by atoms with Crippen molar-refractivity contribution >= 4 is 10.8 Å². The summed E-state index contributed by atoms with van der Waals surface area (Å²) in [5, 5.41) is 6.15. The third-order valence-corrected chi connectivity index (χ3v) is 3.72. The minimum atomic E-state index is 0.940. The molecule has 3 rings (SSSR count). The highest BCUT2D eigenvalue weighted by molar-refractivity contribution is 5.82. The Hall–Kier alpha value is -2.13. The molecular formula is C18H21N3. The van der Waals surface area contributed by atoms with E-state index >= 15 is 0 Å². The van der Waals surface area contributed by atoms with Gasteiger partial charge in [0.2, 0.25) is 0 Å². The predicted molar refractivity (Wildman–Crippen MR) is 87.1 cm³/mol. The number of fused-ring (bicyclic) bond motifs is 1. The van der Waals surface area contributed by atoms with Gasteiger partial charge in [-0.25, -0.2) is 4.98 Å². The van der Waals surface area contributed by atoms with E-state index in [9.17, 15) is 0 Å². The van der Waals surface area contributed by atoms with E-state index in [4.69, 9.17) is 0 Å². The van der Waals surface area contributed by atoms with Crippen molar-refractivity contribution in [2.45, 2.75) is 25.9 Å². The molecule has 0 atom stereocenters. The van der Waals surface area contributed by atoms with Crippen LogP contribution in [-0.4, -0.2) is 16.1 Å². The van der Waals surface area contributed by atoms with Gasteiger partial charge in [-0.1, -0.05) is 36.4 Å². The lowest BCUT2D eigenvalue weighted by Gasteiger charge is -2.07. The molecule has 3 heteroatoms. The van der Waals surface area contributed by atoms with E-state index in [0.717, 1.165) is 19.6 Å². The van der Waals surface area contributed by atoms with Crippen LogP contribution in [0.2, 0.25) is 0 Å². The number of aryl methyl sites for hydroxylation is 1. The van der Waals surface area contributed by atoms with Crippen LogP contribution in [0.3, 0.4) is 0 Å². The first-order chi connectivity index (χ1) is 10.4. The Balaban J connectivity index is 1.40. The monoisotopic (exact) mass is 279 g/mol. The second-order valence-corrected chi connectivity index (χ2v) is 5.37. The van der Waals surface area contributed by atoms with Gasteiger partial charge >= 0.3 is 0 Å². The maximum Gasteiger partial charge on any atom is 0.0945 e. The smallest absolute Gasteiger partial charge is 0.0945 e. The number of hydrogen-bond acceptors (Lipinski definition) is 2. The highest BCUT2D eigenvalue weighted by Crippen LogP contribution is 2.15. The standard InChI is InChI=1S/C18H21N3/c1-2-6-18-13-16(7-8-17(18)5-1)14-19-9-3-4-11-21-12-10-20-15-21/h1-2,5-8,10,12-13,15,19H,3-4,9,11,14H2. The third kappa shape index (κ3) is 3.92. The average molecular weight is 279 g/mol. The van der Waals surface area contributed by atoms with Crippen LogP contribution < -0.4 is 5.32 Å². The molecule has 0 bridgehead atoms. The molecule has 0 unspecified atom stereocenters. The molecule has 1 heterocycles. The molecule has 3 nitrogen and oxygen atoms in total. The summed E-state index contributed by atoms with van der Waals surface area (Å²) in [5.41, 5.74) is 1.35. The second-order valence-electron chi connectivity index (χ2n) is 5.37. The molecule has 0 radical (unpaired) electrons. The van der Waals surface area contributed by atoms with Crippen molar-refractivity contribution in [1.82, 2.24) is 14.9 Å². The summed E-state index contributed by atoms with van der Waals surface area (Å²) in [7, 11) is 0. The number of hydrogen-bond donors (Lipinski definition) is 1. The van der Waals surface area contributed by atoms with Crippen molar-refractivity contribution in [2.75, 3.05) is 6.54 Å². The van der Waals surface area contributed by atoms with Crippen LogP contribution in [0.15, 0.2) is 61.2 Å². The minimum Gasteiger partial charge on any atom is -0.337 e. The van der Waals surface area contributed by atoms with Gasteiger partial charge in [0.25, 0.3) is 0 Å². The van der Waals surface area contributed by atoms with E-state index < -0.39 is 0 Å². The summed E-state index contributed by atoms with van der Waals surface area (Å²) in [5.74, 6) is 0. The van der Waals surface area contributed by atoms with Gasteiger partial charge in [0.05, 0.1) is 6.33 Å². The molecule has 21 heavy (non-hydrogen) atoms. The quantitative estimate of drug-likeness (QED) is 0.670. The van der Waals surface area contributed by atoms with Gasteiger partial charge in [0.15, 0.2) is 0 Å². The van der Waals surface area contributed by atoms with Crippen LogP contribution in [0.4, 0.5) is 0 Å². The van der Waals surface area contributed by atoms with Gasteiger partial charge in [-0.05, 0) is 41.8 Å². The molecule has 1 aromatic heterocycles. The van der Waals surface area contributed by atoms with E-state index in [1.807, 2.05) is 18.7 Å². The number of rotatable bonds is 7. The summed E-state index contributed by atoms with van der Waals surface area (Å²) in [6.45, 7) is 3.05. The number of imidazole rings is 1. The SMILES string of the molecule is c1ccc2cc(CNCCCCn3ccnc3)ccc2c1. The van der Waals surface area contributed by atoms with Crippen LogP contribution in [0.1, 0.15) is 18.4 Å². The molecule has 3 aromatic rings. The van der Waals surface area contributed by atoms with Crippen molar-refractivity contribution in [3.8, 4) is 0 Å². The Bertz CT molecular complexity index is 674. The third-order valence-electron chi connectivity index (χ3n) is 3.72. The topological polar surface area (TPSA) is 29.9 Å². The summed E-state index contributed by atoms with van der Waals surface area (Å²) in [6.07, 6.45) is 8.09. The number of nitrogens with one attached hydrogen (secondary N) is 1. The molecule has 0 saturated heterocycles. The van der Waals surface area contributed by atoms with Crippen molar-refractivity contribution in [2.24, 2.45) is 0 Å². The first-order valence-corrected chi connectivity index (χ1v) is 7.56. The predicted octanol–water partition coefficient (Wildman–Crippen LogP) is 3.61. The Labute approximate surface area is 125 Å². The van der Waals surface area contributed by atoms with E-state index in [1.54, 1.807) is 0 Å². The van der Waals surface area contributed by atoms with Crippen LogP contribution >= 0.6 is 0 Å². The Morgan fingerprint density at radius 2 is 1.90 bits per heavy atom. The zero-order valence-corrected chi connectivity index (χ0v) is 12.2. The maximum atomic E-state index is 4.05. The van der Waals surface area contributed by atoms with Gasteiger partial charge < -0.3 is 9.88 Å². The van der Waals surface area contributed by atoms with E-state index in [0.29, 0.717) is 0 Å². The Morgan fingerprint density at radius 1 is 1.00 bits per heavy atom. The lowest BCUT2D eigenvalue weighted by atomic mass is 10.1. The van der Waals surface area contributed by atoms with E-state index in [1.165, 1.54) is 29.2 Å². The summed E-state index contributed by atoms with van der Waals surface area (Å²) < 4.78 is 2.13. The highest BCUT2D eigenvalue weighted by Gasteiger charge is 1.96. The van der Waals surface area contributed by atoms with Gasteiger partial charge in [0, 0.05) is 25.5 Å². The zero-order valence-electron chi connectivity index (χ0n) is 12.2. The largest absolute Gasteiger partial charge is 0.337 e. The average Bonchev–Trinajstić information content (AvgIpc) is 3.04. The normalized spacial score (nSPS) is 11.0. The summed E-state index contributed by atoms with van der Waals surface area (Å²) >= 11 is 0. The molecular weight excluding hydrogens is 258 g/mol. The van der Waals surface area contributed by atoms with Gasteiger partial charge in [0.1, 0.15) is 0 Å². The summed E-state index contributed by atoms with van der Waals surface area (Å²) in [4.78, 5) is 4.05. The number of nitrogens with zero attached hydrogens (tertiary/aromatic N) is 2. The zero-order chi connectivity index (χ0) is 14.3. The number of unbranched alkanes of at least 4 members (excludes halogenated alkanes) is 1. The molecule has 1 N–H and O–H groups in total. The van der Waals surface area contributed by atoms with Crippen LogP contribution in [0, 0.1) is 0 Å². The fraction of sp³-hybridized carbons (Fsp3) is 0.278. The molecule has 108 valence electrons. The molecule has 0 fully saturated rings. The molecule has 0 amide bonds. The highest BCUT2D eigenvalue weighted by atomic mass is 15.0. The minimum absolute atomic E-state index is 0.940. The Morgan fingerprint density at radius 3 is 2.76 bits per heavy atom. The number of benzene rings is 2. The van der Waals surface area contributed by atoms with Gasteiger partial charge in [-0.3, -0.25) is 0 Å². The Kier molecular flexibility index (Phi) is 4.64. The molecule has 0 spiro atoms. The van der Waals surface area contributed by atoms with Crippen molar-refractivity contribution < 1.29 is 0 Å². The molecule has 0 aliphatic carbocycles. The van der Waals surface area contributed by atoms with Crippen LogP contribution in [0.25, 0.3) is 10.8 Å². The fourth-order valence-corrected chi connectivity index (χ4v) is 2.54.